The van der Waals surface area contributed by atoms with Crippen LogP contribution in [-0.4, -0.2) is 16.9 Å². The zero-order valence-electron chi connectivity index (χ0n) is 15.1. The van der Waals surface area contributed by atoms with Crippen molar-refractivity contribution in [3.05, 3.63) is 81.8 Å². The molecule has 142 valence electrons. The van der Waals surface area contributed by atoms with Crippen LogP contribution in [0.5, 0.6) is 0 Å². The van der Waals surface area contributed by atoms with Gasteiger partial charge >= 0.3 is 0 Å². The molecule has 28 heavy (non-hydrogen) atoms. The summed E-state index contributed by atoms with van der Waals surface area (Å²) in [4.78, 5) is 24.5. The first kappa shape index (κ1) is 20.0. The van der Waals surface area contributed by atoms with E-state index in [1.165, 1.54) is 0 Å². The fourth-order valence-corrected chi connectivity index (χ4v) is 3.25. The fraction of sp³-hybridized carbons (Fsp3) is 0.0952. The van der Waals surface area contributed by atoms with Crippen molar-refractivity contribution in [3.63, 3.8) is 0 Å². The van der Waals surface area contributed by atoms with Gasteiger partial charge in [-0.05, 0) is 53.2 Å². The van der Waals surface area contributed by atoms with Crippen molar-refractivity contribution in [2.24, 2.45) is 0 Å². The van der Waals surface area contributed by atoms with E-state index in [1.54, 1.807) is 12.1 Å². The number of hydrogen-bond donors (Lipinski definition) is 3. The highest BCUT2D eigenvalue weighted by atomic mass is 79.9. The third-order valence-electron chi connectivity index (χ3n) is 4.21. The first-order valence-electron chi connectivity index (χ1n) is 8.57. The molecule has 7 heteroatoms. The number of carbonyl (C=O) groups excluding carboxylic acids is 2. The monoisotopic (exact) mass is 455 g/mol. The van der Waals surface area contributed by atoms with Gasteiger partial charge in [0.1, 0.15) is 0 Å². The lowest BCUT2D eigenvalue weighted by Gasteiger charge is -2.12. The van der Waals surface area contributed by atoms with E-state index in [2.05, 4.69) is 32.1 Å². The van der Waals surface area contributed by atoms with Crippen LogP contribution in [0.4, 0.5) is 0 Å². The van der Waals surface area contributed by atoms with Crippen LogP contribution in [0.15, 0.2) is 65.1 Å². The minimum atomic E-state index is -0.360. The summed E-state index contributed by atoms with van der Waals surface area (Å²) in [6.07, 6.45) is 0.190. The van der Waals surface area contributed by atoms with Crippen LogP contribution in [0.2, 0.25) is 0 Å². The van der Waals surface area contributed by atoms with Crippen molar-refractivity contribution < 1.29 is 9.59 Å². The highest BCUT2D eigenvalue weighted by molar-refractivity contribution is 9.10. The topological polar surface area (TPSA) is 70.2 Å². The first-order valence-corrected chi connectivity index (χ1v) is 9.77. The first-order chi connectivity index (χ1) is 13.4. The van der Waals surface area contributed by atoms with E-state index < -0.39 is 0 Å². The van der Waals surface area contributed by atoms with Gasteiger partial charge < -0.3 is 0 Å². The lowest BCUT2D eigenvalue weighted by Crippen LogP contribution is -2.48. The van der Waals surface area contributed by atoms with E-state index in [4.69, 9.17) is 12.2 Å². The third-order valence-corrected chi connectivity index (χ3v) is 5.27. The summed E-state index contributed by atoms with van der Waals surface area (Å²) < 4.78 is 0.836. The number of carbonyl (C=O) groups is 2. The lowest BCUT2D eigenvalue weighted by atomic mass is 10.0. The number of halogens is 1. The van der Waals surface area contributed by atoms with Crippen LogP contribution in [0.1, 0.15) is 21.5 Å². The molecular formula is C21H18BrN3O2S. The van der Waals surface area contributed by atoms with E-state index in [0.29, 0.717) is 5.56 Å². The molecule has 3 aromatic carbocycles. The molecule has 0 aliphatic carbocycles. The number of benzene rings is 3. The lowest BCUT2D eigenvalue weighted by molar-refractivity contribution is -0.121. The van der Waals surface area contributed by atoms with Gasteiger partial charge in [0, 0.05) is 10.0 Å². The van der Waals surface area contributed by atoms with Crippen LogP contribution in [0.25, 0.3) is 10.8 Å². The van der Waals surface area contributed by atoms with Gasteiger partial charge in [0.25, 0.3) is 5.91 Å². The second-order valence-corrected chi connectivity index (χ2v) is 7.50. The Morgan fingerprint density at radius 3 is 2.54 bits per heavy atom. The molecule has 3 N–H and O–H groups in total. The van der Waals surface area contributed by atoms with E-state index in [0.717, 1.165) is 26.4 Å². The molecule has 3 aromatic rings. The van der Waals surface area contributed by atoms with Crippen LogP contribution in [0.3, 0.4) is 0 Å². The number of rotatable bonds is 3. The molecule has 5 nitrogen and oxygen atoms in total. The summed E-state index contributed by atoms with van der Waals surface area (Å²) in [5.41, 5.74) is 7.49. The second-order valence-electron chi connectivity index (χ2n) is 6.24. The zero-order valence-corrected chi connectivity index (χ0v) is 17.5. The SMILES string of the molecule is Cc1ccc(C(=O)NC(=S)NNC(=O)Cc2cccc3ccccc23)cc1Br. The largest absolute Gasteiger partial charge is 0.298 e. The number of thiocarbonyl (C=S) groups is 1. The molecule has 0 saturated heterocycles. The Balaban J connectivity index is 1.54. The molecule has 3 rings (SSSR count). The quantitative estimate of drug-likeness (QED) is 0.415. The van der Waals surface area contributed by atoms with E-state index in [9.17, 15) is 9.59 Å². The van der Waals surface area contributed by atoms with Crippen molar-refractivity contribution >= 4 is 55.8 Å². The molecule has 2 amide bonds. The molecule has 0 spiro atoms. The van der Waals surface area contributed by atoms with Crippen molar-refractivity contribution in [1.29, 1.82) is 0 Å². The highest BCUT2D eigenvalue weighted by Gasteiger charge is 2.11. The molecule has 0 atom stereocenters. The van der Waals surface area contributed by atoms with E-state index in [-0.39, 0.29) is 23.3 Å². The van der Waals surface area contributed by atoms with Crippen LogP contribution in [0, 0.1) is 6.92 Å². The Morgan fingerprint density at radius 2 is 1.75 bits per heavy atom. The second kappa shape index (κ2) is 8.95. The number of fused-ring (bicyclic) bond motifs is 1. The predicted octanol–water partition coefficient (Wildman–Crippen LogP) is 3.79. The van der Waals surface area contributed by atoms with Gasteiger partial charge in [-0.2, -0.15) is 0 Å². The van der Waals surface area contributed by atoms with Crippen molar-refractivity contribution in [1.82, 2.24) is 16.2 Å². The number of hydrazine groups is 1. The molecule has 0 radical (unpaired) electrons. The number of hydrogen-bond acceptors (Lipinski definition) is 3. The summed E-state index contributed by atoms with van der Waals surface area (Å²) in [6.45, 7) is 1.93. The standard InChI is InChI=1S/C21H18BrN3O2S/c1-13-9-10-16(11-18(13)22)20(27)23-21(28)25-24-19(26)12-15-7-4-6-14-5-2-3-8-17(14)15/h2-11H,12H2,1H3,(H,24,26)(H2,23,25,27,28). The Bertz CT molecular complexity index is 1060. The molecule has 0 aromatic heterocycles. The van der Waals surface area contributed by atoms with Gasteiger partial charge in [-0.25, -0.2) is 0 Å². The van der Waals surface area contributed by atoms with Gasteiger partial charge in [-0.1, -0.05) is 64.5 Å². The Hall–Kier alpha value is -2.77. The predicted molar refractivity (Wildman–Crippen MR) is 118 cm³/mol. The average Bonchev–Trinajstić information content (AvgIpc) is 2.69. The fourth-order valence-electron chi connectivity index (χ4n) is 2.73. The van der Waals surface area contributed by atoms with Crippen LogP contribution >= 0.6 is 28.1 Å². The number of amides is 2. The van der Waals surface area contributed by atoms with Gasteiger partial charge in [-0.3, -0.25) is 25.8 Å². The summed E-state index contributed by atoms with van der Waals surface area (Å²) in [7, 11) is 0. The zero-order chi connectivity index (χ0) is 20.1. The molecule has 0 heterocycles. The average molecular weight is 456 g/mol. The molecule has 0 fully saturated rings. The third kappa shape index (κ3) is 4.94. The summed E-state index contributed by atoms with van der Waals surface area (Å²) >= 11 is 8.47. The number of nitrogens with one attached hydrogen (secondary N) is 3. The molecule has 0 unspecified atom stereocenters. The molecule has 0 bridgehead atoms. The minimum Gasteiger partial charge on any atom is -0.298 e. The minimum absolute atomic E-state index is 0.0213. The molecule has 0 aliphatic heterocycles. The summed E-state index contributed by atoms with van der Waals surface area (Å²) in [6, 6.07) is 19.0. The summed E-state index contributed by atoms with van der Waals surface area (Å²) in [5, 5.41) is 4.66. The van der Waals surface area contributed by atoms with Crippen LogP contribution in [-0.2, 0) is 11.2 Å². The Labute approximate surface area is 176 Å². The van der Waals surface area contributed by atoms with Crippen LogP contribution < -0.4 is 16.2 Å². The van der Waals surface area contributed by atoms with Gasteiger partial charge in [0.2, 0.25) is 5.91 Å². The maximum absolute atomic E-state index is 12.2. The molecule has 0 aliphatic rings. The van der Waals surface area contributed by atoms with Gasteiger partial charge in [0.05, 0.1) is 6.42 Å². The number of aryl methyl sites for hydroxylation is 1. The maximum Gasteiger partial charge on any atom is 0.257 e. The van der Waals surface area contributed by atoms with Crippen molar-refractivity contribution in [2.75, 3.05) is 0 Å². The van der Waals surface area contributed by atoms with Gasteiger partial charge in [0.15, 0.2) is 5.11 Å². The highest BCUT2D eigenvalue weighted by Crippen LogP contribution is 2.19. The molecule has 0 saturated carbocycles. The van der Waals surface area contributed by atoms with Gasteiger partial charge in [-0.15, -0.1) is 0 Å². The van der Waals surface area contributed by atoms with E-state index >= 15 is 0 Å². The normalized spacial score (nSPS) is 10.4. The van der Waals surface area contributed by atoms with Crippen molar-refractivity contribution in [3.8, 4) is 0 Å². The van der Waals surface area contributed by atoms with Crippen molar-refractivity contribution in [2.45, 2.75) is 13.3 Å². The Kier molecular flexibility index (Phi) is 6.38. The molecular weight excluding hydrogens is 438 g/mol. The Morgan fingerprint density at radius 1 is 1.00 bits per heavy atom. The smallest absolute Gasteiger partial charge is 0.257 e. The summed E-state index contributed by atoms with van der Waals surface area (Å²) in [5.74, 6) is -0.618. The maximum atomic E-state index is 12.2. The van der Waals surface area contributed by atoms with E-state index in [1.807, 2.05) is 55.5 Å².